The number of anilines is 1. The molecule has 1 aromatic carbocycles. The van der Waals surface area contributed by atoms with Gasteiger partial charge in [-0.3, -0.25) is 19.7 Å². The molecule has 0 bridgehead atoms. The number of carbonyl (C=O) groups excluding carboxylic acids is 3. The van der Waals surface area contributed by atoms with Crippen molar-refractivity contribution >= 4 is 34.3 Å². The number of esters is 1. The van der Waals surface area contributed by atoms with E-state index in [0.29, 0.717) is 5.69 Å². The normalized spacial score (nSPS) is 10.2. The summed E-state index contributed by atoms with van der Waals surface area (Å²) in [5.41, 5.74) is 0.684. The van der Waals surface area contributed by atoms with Gasteiger partial charge in [-0.2, -0.15) is 0 Å². The molecule has 2 aromatic rings. The van der Waals surface area contributed by atoms with Crippen LogP contribution in [0.4, 0.5) is 9.52 Å². The molecule has 0 unspecified atom stereocenters. The van der Waals surface area contributed by atoms with E-state index in [1.54, 1.807) is 13.8 Å². The largest absolute Gasteiger partial charge is 0.465 e. The molecule has 1 heterocycles. The lowest BCUT2D eigenvalue weighted by molar-refractivity contribution is -0.141. The van der Waals surface area contributed by atoms with Crippen molar-refractivity contribution in [3.8, 4) is 0 Å². The first-order valence-electron chi connectivity index (χ1n) is 7.39. The Morgan fingerprint density at radius 2 is 1.88 bits per heavy atom. The number of nitrogens with one attached hydrogen (secondary N) is 2. The molecular formula is C16H16FN3O4S. The van der Waals surface area contributed by atoms with Gasteiger partial charge < -0.3 is 10.1 Å². The van der Waals surface area contributed by atoms with Crippen molar-refractivity contribution in [2.24, 2.45) is 0 Å². The molecule has 0 aliphatic heterocycles. The number of carbonyl (C=O) groups is 3. The second-order valence-electron chi connectivity index (χ2n) is 4.88. The van der Waals surface area contributed by atoms with Crippen LogP contribution in [-0.4, -0.2) is 35.9 Å². The number of nitrogens with zero attached hydrogens (tertiary/aromatic N) is 1. The second kappa shape index (κ2) is 8.34. The lowest BCUT2D eigenvalue weighted by atomic mass is 10.2. The first-order valence-corrected chi connectivity index (χ1v) is 8.20. The smallest absolute Gasteiger partial charge is 0.325 e. The quantitative estimate of drug-likeness (QED) is 0.765. The topological polar surface area (TPSA) is 97.4 Å². The van der Waals surface area contributed by atoms with Gasteiger partial charge in [-0.05, 0) is 38.1 Å². The molecule has 25 heavy (non-hydrogen) atoms. The molecule has 0 saturated carbocycles. The van der Waals surface area contributed by atoms with Gasteiger partial charge in [0, 0.05) is 5.56 Å². The minimum absolute atomic E-state index is 0.230. The third-order valence-corrected chi connectivity index (χ3v) is 4.10. The van der Waals surface area contributed by atoms with Gasteiger partial charge in [0.1, 0.15) is 17.2 Å². The Kier molecular flexibility index (Phi) is 6.18. The summed E-state index contributed by atoms with van der Waals surface area (Å²) in [4.78, 5) is 39.8. The van der Waals surface area contributed by atoms with Crippen LogP contribution in [0.3, 0.4) is 0 Å². The minimum atomic E-state index is -0.539. The standard InChI is InChI=1S/C16H16FN3O4S/c1-3-24-12(21)8-18-15(23)13-9(2)19-16(25-13)20-14(22)10-4-6-11(17)7-5-10/h4-7H,3,8H2,1-2H3,(H,18,23)(H,19,20,22). The zero-order valence-electron chi connectivity index (χ0n) is 13.6. The van der Waals surface area contributed by atoms with Gasteiger partial charge >= 0.3 is 5.97 Å². The van der Waals surface area contributed by atoms with Crippen molar-refractivity contribution in [1.82, 2.24) is 10.3 Å². The molecule has 2 N–H and O–H groups in total. The molecule has 0 aliphatic rings. The van der Waals surface area contributed by atoms with Gasteiger partial charge in [-0.25, -0.2) is 9.37 Å². The number of ether oxygens (including phenoxy) is 1. The minimum Gasteiger partial charge on any atom is -0.465 e. The Morgan fingerprint density at radius 1 is 1.20 bits per heavy atom. The zero-order valence-corrected chi connectivity index (χ0v) is 14.4. The van der Waals surface area contributed by atoms with E-state index >= 15 is 0 Å². The van der Waals surface area contributed by atoms with E-state index in [9.17, 15) is 18.8 Å². The highest BCUT2D eigenvalue weighted by Gasteiger charge is 2.18. The second-order valence-corrected chi connectivity index (χ2v) is 5.88. The summed E-state index contributed by atoms with van der Waals surface area (Å²) in [5.74, 6) is -1.93. The van der Waals surface area contributed by atoms with Gasteiger partial charge in [-0.1, -0.05) is 11.3 Å². The van der Waals surface area contributed by atoms with Crippen LogP contribution in [0.5, 0.6) is 0 Å². The molecule has 0 radical (unpaired) electrons. The molecule has 0 aliphatic carbocycles. The number of amides is 2. The predicted molar refractivity (Wildman–Crippen MR) is 90.2 cm³/mol. The Labute approximate surface area is 147 Å². The van der Waals surface area contributed by atoms with Crippen LogP contribution in [0.25, 0.3) is 0 Å². The lowest BCUT2D eigenvalue weighted by Crippen LogP contribution is -2.30. The fraction of sp³-hybridized carbons (Fsp3) is 0.250. The Morgan fingerprint density at radius 3 is 2.52 bits per heavy atom. The van der Waals surface area contributed by atoms with Crippen LogP contribution in [0, 0.1) is 12.7 Å². The highest BCUT2D eigenvalue weighted by atomic mass is 32.1. The number of aryl methyl sites for hydroxylation is 1. The monoisotopic (exact) mass is 365 g/mol. The van der Waals surface area contributed by atoms with Crippen LogP contribution in [0.2, 0.25) is 0 Å². The molecule has 0 fully saturated rings. The van der Waals surface area contributed by atoms with E-state index in [-0.39, 0.29) is 28.7 Å². The van der Waals surface area contributed by atoms with E-state index in [4.69, 9.17) is 4.74 Å². The third-order valence-electron chi connectivity index (χ3n) is 3.03. The van der Waals surface area contributed by atoms with Crippen LogP contribution < -0.4 is 10.6 Å². The zero-order chi connectivity index (χ0) is 18.4. The van der Waals surface area contributed by atoms with Gasteiger partial charge in [0.15, 0.2) is 5.13 Å². The van der Waals surface area contributed by atoms with Crippen LogP contribution in [0.1, 0.15) is 32.6 Å². The van der Waals surface area contributed by atoms with E-state index < -0.39 is 23.6 Å². The van der Waals surface area contributed by atoms with Crippen molar-refractivity contribution in [2.45, 2.75) is 13.8 Å². The van der Waals surface area contributed by atoms with Crippen molar-refractivity contribution in [3.63, 3.8) is 0 Å². The van der Waals surface area contributed by atoms with E-state index in [0.717, 1.165) is 11.3 Å². The molecule has 1 aromatic heterocycles. The summed E-state index contributed by atoms with van der Waals surface area (Å²) in [6.07, 6.45) is 0. The molecule has 0 spiro atoms. The van der Waals surface area contributed by atoms with Crippen molar-refractivity contribution < 1.29 is 23.5 Å². The Hall–Kier alpha value is -2.81. The molecule has 0 saturated heterocycles. The number of hydrogen-bond donors (Lipinski definition) is 2. The summed E-state index contributed by atoms with van der Waals surface area (Å²) >= 11 is 0.977. The van der Waals surface area contributed by atoms with E-state index in [1.165, 1.54) is 24.3 Å². The molecule has 7 nitrogen and oxygen atoms in total. The third kappa shape index (κ3) is 5.08. The first-order chi connectivity index (χ1) is 11.9. The maximum Gasteiger partial charge on any atom is 0.325 e. The van der Waals surface area contributed by atoms with E-state index in [2.05, 4.69) is 15.6 Å². The van der Waals surface area contributed by atoms with Crippen molar-refractivity contribution in [1.29, 1.82) is 0 Å². The van der Waals surface area contributed by atoms with Gasteiger partial charge in [0.25, 0.3) is 11.8 Å². The number of benzene rings is 1. The number of aromatic nitrogens is 1. The predicted octanol–water partition coefficient (Wildman–Crippen LogP) is 2.14. The van der Waals surface area contributed by atoms with Gasteiger partial charge in [0.05, 0.1) is 12.3 Å². The molecule has 2 amide bonds. The summed E-state index contributed by atoms with van der Waals surface area (Å²) in [7, 11) is 0. The summed E-state index contributed by atoms with van der Waals surface area (Å²) < 4.78 is 17.6. The van der Waals surface area contributed by atoms with Gasteiger partial charge in [0.2, 0.25) is 0 Å². The van der Waals surface area contributed by atoms with Crippen LogP contribution in [0.15, 0.2) is 24.3 Å². The lowest BCUT2D eigenvalue weighted by Gasteiger charge is -2.03. The average molecular weight is 365 g/mol. The maximum absolute atomic E-state index is 12.9. The average Bonchev–Trinajstić information content (AvgIpc) is 2.94. The number of hydrogen-bond acceptors (Lipinski definition) is 6. The van der Waals surface area contributed by atoms with Crippen molar-refractivity contribution in [3.05, 3.63) is 46.2 Å². The summed E-state index contributed by atoms with van der Waals surface area (Å²) in [6, 6.07) is 5.04. The Bertz CT molecular complexity index is 789. The fourth-order valence-electron chi connectivity index (χ4n) is 1.88. The molecule has 2 rings (SSSR count). The summed E-state index contributed by atoms with van der Waals surface area (Å²) in [5, 5.41) is 5.21. The van der Waals surface area contributed by atoms with E-state index in [1.807, 2.05) is 0 Å². The van der Waals surface area contributed by atoms with Gasteiger partial charge in [-0.15, -0.1) is 0 Å². The molecule has 0 atom stereocenters. The summed E-state index contributed by atoms with van der Waals surface area (Å²) in [6.45, 7) is 3.27. The highest BCUT2D eigenvalue weighted by Crippen LogP contribution is 2.23. The van der Waals surface area contributed by atoms with Crippen LogP contribution >= 0.6 is 11.3 Å². The van der Waals surface area contributed by atoms with Crippen LogP contribution in [-0.2, 0) is 9.53 Å². The highest BCUT2D eigenvalue weighted by molar-refractivity contribution is 7.17. The fourth-order valence-corrected chi connectivity index (χ4v) is 2.75. The maximum atomic E-state index is 12.9. The first kappa shape index (κ1) is 18.5. The SMILES string of the molecule is CCOC(=O)CNC(=O)c1sc(NC(=O)c2ccc(F)cc2)nc1C. The number of rotatable bonds is 6. The molecule has 9 heteroatoms. The Balaban J connectivity index is 2.01. The number of halogens is 1. The number of thiazole rings is 1. The van der Waals surface area contributed by atoms with Crippen molar-refractivity contribution in [2.75, 3.05) is 18.5 Å². The molecular weight excluding hydrogens is 349 g/mol. The molecule has 132 valence electrons.